The highest BCUT2D eigenvalue weighted by molar-refractivity contribution is 8.00. The Morgan fingerprint density at radius 2 is 2.00 bits per heavy atom. The summed E-state index contributed by atoms with van der Waals surface area (Å²) >= 11 is 1.40. The van der Waals surface area contributed by atoms with Crippen molar-refractivity contribution in [1.82, 2.24) is 9.80 Å². The molecule has 2 fully saturated rings. The summed E-state index contributed by atoms with van der Waals surface area (Å²) in [6.45, 7) is 1.05. The lowest BCUT2D eigenvalue weighted by Gasteiger charge is -2.49. The zero-order valence-electron chi connectivity index (χ0n) is 18.3. The van der Waals surface area contributed by atoms with Gasteiger partial charge in [0.15, 0.2) is 6.20 Å². The number of likely N-dealkylation sites (tertiary alicyclic amines) is 1. The second-order valence-electron chi connectivity index (χ2n) is 7.85. The Labute approximate surface area is 201 Å². The first-order valence-electron chi connectivity index (χ1n) is 10.2. The number of aryl methyl sites for hydroxylation is 1. The number of carboxylic acid groups (broad SMARTS) is 2. The molecule has 35 heavy (non-hydrogen) atoms. The lowest BCUT2D eigenvalue weighted by Crippen LogP contribution is -2.69. The molecule has 0 bridgehead atoms. The molecule has 0 aliphatic carbocycles. The van der Waals surface area contributed by atoms with Crippen LogP contribution in [0.15, 0.2) is 47.3 Å². The number of β-lactam (4-membered cyclic amide) rings is 1. The van der Waals surface area contributed by atoms with E-state index < -0.39 is 30.1 Å². The zero-order valence-corrected chi connectivity index (χ0v) is 19.1. The highest BCUT2D eigenvalue weighted by atomic mass is 32.2. The third kappa shape index (κ3) is 5.48. The van der Waals surface area contributed by atoms with Crippen molar-refractivity contribution in [3.8, 4) is 0 Å². The lowest BCUT2D eigenvalue weighted by atomic mass is 10.0. The summed E-state index contributed by atoms with van der Waals surface area (Å²) in [4.78, 5) is 48.3. The monoisotopic (exact) mass is 514 g/mol. The first-order valence-corrected chi connectivity index (χ1v) is 11.3. The van der Waals surface area contributed by atoms with Crippen LogP contribution in [0.25, 0.3) is 0 Å². The fourth-order valence-electron chi connectivity index (χ4n) is 3.72. The number of nitrogens with two attached hydrogens (primary N) is 1. The minimum Gasteiger partial charge on any atom is -0.543 e. The van der Waals surface area contributed by atoms with Crippen LogP contribution in [0, 0.1) is 0 Å². The summed E-state index contributed by atoms with van der Waals surface area (Å²) in [5.41, 5.74) is 7.56. The van der Waals surface area contributed by atoms with Gasteiger partial charge in [0.25, 0.3) is 0 Å². The van der Waals surface area contributed by atoms with Crippen molar-refractivity contribution >= 4 is 35.5 Å². The van der Waals surface area contributed by atoms with Crippen LogP contribution >= 0.6 is 11.8 Å². The maximum atomic E-state index is 12.8. The maximum Gasteiger partial charge on any atom is 0.490 e. The van der Waals surface area contributed by atoms with E-state index in [0.29, 0.717) is 36.4 Å². The lowest BCUT2D eigenvalue weighted by molar-refractivity contribution is -0.680. The Kier molecular flexibility index (Phi) is 7.55. The van der Waals surface area contributed by atoms with Crippen LogP contribution in [0.3, 0.4) is 0 Å². The highest BCUT2D eigenvalue weighted by Crippen LogP contribution is 2.40. The van der Waals surface area contributed by atoms with E-state index in [1.54, 1.807) is 11.0 Å². The number of pyridine rings is 1. The molecule has 4 rings (SSSR count). The number of carbonyl (C=O) groups is 4. The van der Waals surface area contributed by atoms with Crippen LogP contribution in [0.4, 0.5) is 13.2 Å². The maximum absolute atomic E-state index is 12.8. The molecule has 3 aliphatic rings. The predicted octanol–water partition coefficient (Wildman–Crippen LogP) is -0.950. The summed E-state index contributed by atoms with van der Waals surface area (Å²) < 4.78 is 33.7. The molecule has 0 saturated carbocycles. The van der Waals surface area contributed by atoms with Crippen LogP contribution in [0.1, 0.15) is 12.1 Å². The number of alkyl halides is 3. The van der Waals surface area contributed by atoms with Crippen molar-refractivity contribution in [1.29, 1.82) is 0 Å². The number of carboxylic acids is 2. The summed E-state index contributed by atoms with van der Waals surface area (Å²) in [7, 11) is 1.92. The third-order valence-electron chi connectivity index (χ3n) is 5.55. The number of fused-ring (bicyclic) bond motifs is 1. The fourth-order valence-corrected chi connectivity index (χ4v) is 4.97. The Morgan fingerprint density at radius 3 is 2.57 bits per heavy atom. The number of allylic oxidation sites excluding steroid dienone is 1. The number of rotatable bonds is 4. The minimum absolute atomic E-state index is 0.118. The van der Waals surface area contributed by atoms with Gasteiger partial charge in [-0.05, 0) is 18.1 Å². The van der Waals surface area contributed by atoms with Crippen LogP contribution in [0.2, 0.25) is 0 Å². The SMILES string of the molecule is C[n+]1ccccc1CN1CCC(=CC2=C(C(=O)[O-])N3C(=O)[C@@H](N)[C@H]3SC2)C1=O.O=C(O)C(F)(F)F. The Bertz CT molecular complexity index is 1140. The predicted molar refractivity (Wildman–Crippen MR) is 113 cm³/mol. The van der Waals surface area contributed by atoms with E-state index in [4.69, 9.17) is 15.6 Å². The largest absolute Gasteiger partial charge is 0.543 e. The number of carbonyl (C=O) groups excluding carboxylic acids is 3. The number of thioether (sulfide) groups is 1. The van der Waals surface area contributed by atoms with E-state index in [0.717, 1.165) is 5.69 Å². The molecule has 0 unspecified atom stereocenters. The Morgan fingerprint density at radius 1 is 1.34 bits per heavy atom. The highest BCUT2D eigenvalue weighted by Gasteiger charge is 2.50. The van der Waals surface area contributed by atoms with Gasteiger partial charge in [0.2, 0.25) is 17.5 Å². The molecular weight excluding hydrogens is 493 g/mol. The van der Waals surface area contributed by atoms with Crippen molar-refractivity contribution < 1.29 is 47.1 Å². The smallest absolute Gasteiger partial charge is 0.490 e. The molecule has 4 heterocycles. The topological polar surface area (TPSA) is 148 Å². The molecule has 2 atom stereocenters. The number of aliphatic carboxylic acids is 2. The average Bonchev–Trinajstić information content (AvgIpc) is 3.13. The quantitative estimate of drug-likeness (QED) is 0.297. The molecule has 10 nitrogen and oxygen atoms in total. The third-order valence-corrected chi connectivity index (χ3v) is 6.87. The number of hydrogen-bond donors (Lipinski definition) is 2. The van der Waals surface area contributed by atoms with Gasteiger partial charge in [-0.2, -0.15) is 13.2 Å². The van der Waals surface area contributed by atoms with Gasteiger partial charge in [-0.3, -0.25) is 14.5 Å². The molecule has 14 heteroatoms. The standard InChI is InChI=1S/C19H20N4O4S.C2HF3O2/c1-21-6-3-2-4-13(21)9-22-7-5-11(16(22)24)8-12-10-28-18-14(20)17(25)23(18)15(12)19(26)27;3-2(4,5)1(6)7/h2-4,6,8,14,18H,5,7,9-10,20H2,1H3;(H,6,7)/t14-,18-;/m1./s1. The Balaban J connectivity index is 0.000000429. The van der Waals surface area contributed by atoms with Crippen molar-refractivity contribution in [2.75, 3.05) is 12.3 Å². The van der Waals surface area contributed by atoms with Gasteiger partial charge in [0, 0.05) is 30.0 Å². The zero-order chi connectivity index (χ0) is 26.1. The van der Waals surface area contributed by atoms with Crippen molar-refractivity contribution in [3.05, 3.63) is 53.0 Å². The van der Waals surface area contributed by atoms with E-state index in [1.807, 2.05) is 36.0 Å². The van der Waals surface area contributed by atoms with Crippen LogP contribution in [-0.2, 0) is 32.8 Å². The van der Waals surface area contributed by atoms with E-state index in [1.165, 1.54) is 16.7 Å². The molecule has 2 saturated heterocycles. The molecular formula is C21H21F3N4O6S. The number of nitrogens with zero attached hydrogens (tertiary/aromatic N) is 3. The van der Waals surface area contributed by atoms with Gasteiger partial charge in [-0.1, -0.05) is 6.07 Å². The molecule has 3 N–H and O–H groups in total. The Hall–Kier alpha value is -3.39. The van der Waals surface area contributed by atoms with Crippen LogP contribution < -0.4 is 15.4 Å². The van der Waals surface area contributed by atoms with E-state index in [-0.39, 0.29) is 17.0 Å². The molecule has 0 aromatic carbocycles. The normalized spacial score (nSPS) is 23.1. The van der Waals surface area contributed by atoms with Crippen LogP contribution in [-0.4, -0.2) is 68.5 Å². The van der Waals surface area contributed by atoms with Crippen molar-refractivity contribution in [2.45, 2.75) is 30.6 Å². The molecule has 188 valence electrons. The van der Waals surface area contributed by atoms with Gasteiger partial charge >= 0.3 is 12.1 Å². The molecule has 2 amide bonds. The molecule has 1 aromatic heterocycles. The first kappa shape index (κ1) is 26.2. The second-order valence-corrected chi connectivity index (χ2v) is 8.95. The number of amides is 2. The van der Waals surface area contributed by atoms with E-state index >= 15 is 0 Å². The average molecular weight is 514 g/mol. The fraction of sp³-hybridized carbons (Fsp3) is 0.381. The summed E-state index contributed by atoms with van der Waals surface area (Å²) in [5, 5.41) is 18.4. The molecule has 0 spiro atoms. The van der Waals surface area contributed by atoms with E-state index in [2.05, 4.69) is 0 Å². The summed E-state index contributed by atoms with van der Waals surface area (Å²) in [6.07, 6.45) is -1.02. The second kappa shape index (κ2) is 10.1. The minimum atomic E-state index is -5.08. The molecule has 0 radical (unpaired) electrons. The summed E-state index contributed by atoms with van der Waals surface area (Å²) in [6, 6.07) is 5.12. The van der Waals surface area contributed by atoms with Crippen LogP contribution in [0.5, 0.6) is 0 Å². The molecule has 1 aromatic rings. The van der Waals surface area contributed by atoms with Gasteiger partial charge in [-0.15, -0.1) is 11.8 Å². The van der Waals surface area contributed by atoms with Gasteiger partial charge in [0.1, 0.15) is 25.0 Å². The van der Waals surface area contributed by atoms with E-state index in [9.17, 15) is 32.7 Å². The van der Waals surface area contributed by atoms with Crippen molar-refractivity contribution in [2.24, 2.45) is 12.8 Å². The first-order chi connectivity index (χ1) is 16.3. The van der Waals surface area contributed by atoms with Crippen molar-refractivity contribution in [3.63, 3.8) is 0 Å². The number of hydrogen-bond acceptors (Lipinski definition) is 7. The summed E-state index contributed by atoms with van der Waals surface area (Å²) in [5.74, 6) is -4.35. The van der Waals surface area contributed by atoms with Gasteiger partial charge < -0.3 is 25.6 Å². The molecule has 3 aliphatic heterocycles. The number of aromatic nitrogens is 1. The number of halogens is 3. The van der Waals surface area contributed by atoms with Gasteiger partial charge in [-0.25, -0.2) is 9.36 Å². The van der Waals surface area contributed by atoms with Gasteiger partial charge in [0.05, 0.1) is 11.7 Å².